The summed E-state index contributed by atoms with van der Waals surface area (Å²) in [6.07, 6.45) is 4.67. The molecule has 2 aromatic rings. The molecule has 1 aliphatic carbocycles. The van der Waals surface area contributed by atoms with Crippen LogP contribution in [0.15, 0.2) is 41.8 Å². The fourth-order valence-electron chi connectivity index (χ4n) is 4.83. The van der Waals surface area contributed by atoms with Crippen molar-refractivity contribution in [2.24, 2.45) is 5.92 Å². The van der Waals surface area contributed by atoms with E-state index in [1.165, 1.54) is 29.7 Å². The summed E-state index contributed by atoms with van der Waals surface area (Å²) >= 11 is 1.49. The number of amides is 2. The predicted molar refractivity (Wildman–Crippen MR) is 121 cm³/mol. The fraction of sp³-hybridized carbons (Fsp3) is 0.500. The number of rotatable bonds is 6. The number of carbonyl (C=O) groups is 2. The first kappa shape index (κ1) is 21.1. The van der Waals surface area contributed by atoms with Gasteiger partial charge in [-0.3, -0.25) is 14.5 Å². The number of hydrogen-bond acceptors (Lipinski definition) is 4. The first-order valence-electron chi connectivity index (χ1n) is 11.0. The second-order valence-electron chi connectivity index (χ2n) is 8.50. The van der Waals surface area contributed by atoms with Gasteiger partial charge in [-0.15, -0.1) is 11.3 Å². The van der Waals surface area contributed by atoms with Gasteiger partial charge in [0.1, 0.15) is 0 Å². The van der Waals surface area contributed by atoms with Crippen LogP contribution in [0.1, 0.15) is 46.5 Å². The molecule has 0 bridgehead atoms. The highest BCUT2D eigenvalue weighted by Gasteiger charge is 2.37. The van der Waals surface area contributed by atoms with Crippen LogP contribution in [0.25, 0.3) is 0 Å². The van der Waals surface area contributed by atoms with Crippen LogP contribution in [-0.2, 0) is 11.3 Å². The van der Waals surface area contributed by atoms with Crippen molar-refractivity contribution in [3.63, 3.8) is 0 Å². The van der Waals surface area contributed by atoms with Crippen molar-refractivity contribution in [2.45, 2.75) is 45.2 Å². The monoisotopic (exact) mass is 425 g/mol. The summed E-state index contributed by atoms with van der Waals surface area (Å²) in [4.78, 5) is 31.0. The largest absolute Gasteiger partial charge is 0.351 e. The number of thiophene rings is 1. The van der Waals surface area contributed by atoms with Gasteiger partial charge in [-0.1, -0.05) is 48.7 Å². The molecule has 5 nitrogen and oxygen atoms in total. The highest BCUT2D eigenvalue weighted by molar-refractivity contribution is 7.12. The Balaban J connectivity index is 1.38. The summed E-state index contributed by atoms with van der Waals surface area (Å²) in [7, 11) is 0. The van der Waals surface area contributed by atoms with E-state index in [1.54, 1.807) is 0 Å². The third-order valence-corrected chi connectivity index (χ3v) is 7.25. The molecule has 1 atom stereocenters. The Morgan fingerprint density at radius 2 is 1.87 bits per heavy atom. The lowest BCUT2D eigenvalue weighted by atomic mass is 9.95. The van der Waals surface area contributed by atoms with Crippen molar-refractivity contribution in [3.8, 4) is 0 Å². The van der Waals surface area contributed by atoms with Crippen molar-refractivity contribution in [3.05, 3.63) is 57.8 Å². The van der Waals surface area contributed by atoms with Crippen LogP contribution in [0.5, 0.6) is 0 Å². The van der Waals surface area contributed by atoms with E-state index in [2.05, 4.69) is 35.3 Å². The molecule has 1 aromatic carbocycles. The van der Waals surface area contributed by atoms with Gasteiger partial charge < -0.3 is 10.2 Å². The summed E-state index contributed by atoms with van der Waals surface area (Å²) in [6, 6.07) is 12.0. The Morgan fingerprint density at radius 1 is 1.10 bits per heavy atom. The van der Waals surface area contributed by atoms with E-state index >= 15 is 0 Å². The molecule has 1 saturated heterocycles. The van der Waals surface area contributed by atoms with Crippen LogP contribution in [0.2, 0.25) is 0 Å². The number of piperazine rings is 1. The van der Waals surface area contributed by atoms with Gasteiger partial charge in [0.05, 0.1) is 10.9 Å². The SMILES string of the molecule is Cc1cccc(CNC(=O)[C@@H](C2CCCC2)N2CCN(C(=O)c3cccs3)CC2)c1. The van der Waals surface area contributed by atoms with Crippen LogP contribution in [-0.4, -0.2) is 53.8 Å². The normalized spacial score (nSPS) is 19.0. The predicted octanol–water partition coefficient (Wildman–Crippen LogP) is 3.69. The summed E-state index contributed by atoms with van der Waals surface area (Å²) in [5, 5.41) is 5.14. The van der Waals surface area contributed by atoms with E-state index in [-0.39, 0.29) is 17.9 Å². The Labute approximate surface area is 183 Å². The molecule has 0 unspecified atom stereocenters. The molecule has 30 heavy (non-hydrogen) atoms. The molecule has 1 aromatic heterocycles. The number of hydrogen-bond donors (Lipinski definition) is 1. The molecule has 1 N–H and O–H groups in total. The van der Waals surface area contributed by atoms with Gasteiger partial charge in [-0.25, -0.2) is 0 Å². The average molecular weight is 426 g/mol. The van der Waals surface area contributed by atoms with Gasteiger partial charge in [0.25, 0.3) is 5.91 Å². The Bertz CT molecular complexity index is 853. The zero-order valence-corrected chi connectivity index (χ0v) is 18.5. The topological polar surface area (TPSA) is 52.7 Å². The van der Waals surface area contributed by atoms with Crippen LogP contribution in [0.3, 0.4) is 0 Å². The number of nitrogens with zero attached hydrogens (tertiary/aromatic N) is 2. The highest BCUT2D eigenvalue weighted by atomic mass is 32.1. The zero-order chi connectivity index (χ0) is 20.9. The molecule has 2 aliphatic rings. The number of benzene rings is 1. The molecular formula is C24H31N3O2S. The molecular weight excluding hydrogens is 394 g/mol. The summed E-state index contributed by atoms with van der Waals surface area (Å²) < 4.78 is 0. The second kappa shape index (κ2) is 9.75. The van der Waals surface area contributed by atoms with Gasteiger partial charge in [0.15, 0.2) is 0 Å². The number of aryl methyl sites for hydroxylation is 1. The van der Waals surface area contributed by atoms with E-state index < -0.39 is 0 Å². The van der Waals surface area contributed by atoms with Crippen LogP contribution in [0, 0.1) is 12.8 Å². The van der Waals surface area contributed by atoms with E-state index in [0.29, 0.717) is 25.6 Å². The molecule has 1 aliphatic heterocycles. The lowest BCUT2D eigenvalue weighted by Crippen LogP contribution is -2.57. The summed E-state index contributed by atoms with van der Waals surface area (Å²) in [5.41, 5.74) is 2.35. The minimum atomic E-state index is -0.0868. The van der Waals surface area contributed by atoms with Crippen LogP contribution in [0.4, 0.5) is 0 Å². The van der Waals surface area contributed by atoms with Gasteiger partial charge in [0.2, 0.25) is 5.91 Å². The fourth-order valence-corrected chi connectivity index (χ4v) is 5.52. The van der Waals surface area contributed by atoms with Crippen molar-refractivity contribution in [2.75, 3.05) is 26.2 Å². The van der Waals surface area contributed by atoms with Crippen molar-refractivity contribution < 1.29 is 9.59 Å². The van der Waals surface area contributed by atoms with Crippen LogP contribution < -0.4 is 5.32 Å². The molecule has 6 heteroatoms. The van der Waals surface area contributed by atoms with Crippen molar-refractivity contribution in [1.29, 1.82) is 0 Å². The maximum Gasteiger partial charge on any atom is 0.264 e. The third-order valence-electron chi connectivity index (χ3n) is 6.39. The molecule has 2 amide bonds. The maximum absolute atomic E-state index is 13.3. The zero-order valence-electron chi connectivity index (χ0n) is 17.7. The van der Waals surface area contributed by atoms with Crippen LogP contribution >= 0.6 is 11.3 Å². The van der Waals surface area contributed by atoms with E-state index in [9.17, 15) is 9.59 Å². The van der Waals surface area contributed by atoms with Gasteiger partial charge in [-0.05, 0) is 42.7 Å². The standard InChI is InChI=1S/C24H31N3O2S/c1-18-6-4-7-19(16-18)17-25-23(28)22(20-8-2-3-9-20)26-11-13-27(14-12-26)24(29)21-10-5-15-30-21/h4-7,10,15-16,20,22H,2-3,8-9,11-14,17H2,1H3,(H,25,28)/t22-/m1/s1. The molecule has 0 radical (unpaired) electrons. The molecule has 1 saturated carbocycles. The Morgan fingerprint density at radius 3 is 2.53 bits per heavy atom. The van der Waals surface area contributed by atoms with E-state index in [4.69, 9.17) is 0 Å². The molecule has 4 rings (SSSR count). The number of nitrogens with one attached hydrogen (secondary N) is 1. The quantitative estimate of drug-likeness (QED) is 0.768. The van der Waals surface area contributed by atoms with E-state index in [0.717, 1.165) is 36.4 Å². The Hall–Kier alpha value is -2.18. The summed E-state index contributed by atoms with van der Waals surface area (Å²) in [6.45, 7) is 5.53. The highest BCUT2D eigenvalue weighted by Crippen LogP contribution is 2.31. The average Bonchev–Trinajstić information content (AvgIpc) is 3.47. The van der Waals surface area contributed by atoms with Gasteiger partial charge >= 0.3 is 0 Å². The van der Waals surface area contributed by atoms with Crippen molar-refractivity contribution >= 4 is 23.2 Å². The molecule has 160 valence electrons. The van der Waals surface area contributed by atoms with Crippen molar-refractivity contribution in [1.82, 2.24) is 15.1 Å². The molecule has 0 spiro atoms. The molecule has 2 fully saturated rings. The van der Waals surface area contributed by atoms with E-state index in [1.807, 2.05) is 28.5 Å². The lowest BCUT2D eigenvalue weighted by molar-refractivity contribution is -0.129. The first-order chi connectivity index (χ1) is 14.6. The second-order valence-corrected chi connectivity index (χ2v) is 9.45. The maximum atomic E-state index is 13.3. The minimum absolute atomic E-state index is 0.0868. The minimum Gasteiger partial charge on any atom is -0.351 e. The summed E-state index contributed by atoms with van der Waals surface area (Å²) in [5.74, 6) is 0.675. The first-order valence-corrected chi connectivity index (χ1v) is 11.9. The molecule has 2 heterocycles. The van der Waals surface area contributed by atoms with Gasteiger partial charge in [0, 0.05) is 32.7 Å². The Kier molecular flexibility index (Phi) is 6.85. The smallest absolute Gasteiger partial charge is 0.264 e. The van der Waals surface area contributed by atoms with Gasteiger partial charge in [-0.2, -0.15) is 0 Å². The third kappa shape index (κ3) is 4.93. The lowest BCUT2D eigenvalue weighted by Gasteiger charge is -2.40. The number of carbonyl (C=O) groups excluding carboxylic acids is 2.